The van der Waals surface area contributed by atoms with Crippen LogP contribution in [0.4, 0.5) is 0 Å². The second kappa shape index (κ2) is 4.24. The minimum absolute atomic E-state index is 0.0825. The van der Waals surface area contributed by atoms with Crippen LogP contribution in [0.3, 0.4) is 0 Å². The summed E-state index contributed by atoms with van der Waals surface area (Å²) in [5.74, 6) is 0. The topological polar surface area (TPSA) is 45.8 Å². The Balaban J connectivity index is 3.07. The monoisotopic (exact) mass is 240 g/mol. The zero-order valence-electron chi connectivity index (χ0n) is 7.25. The molecule has 0 aliphatic carbocycles. The van der Waals surface area contributed by atoms with E-state index >= 15 is 0 Å². The summed E-state index contributed by atoms with van der Waals surface area (Å²) in [5.41, 5.74) is 0.922. The van der Waals surface area contributed by atoms with Crippen LogP contribution in [0.25, 0.3) is 0 Å². The maximum Gasteiger partial charge on any atom is 0.264 e. The number of aryl methyl sites for hydroxylation is 2. The first-order valence-electron chi connectivity index (χ1n) is 3.88. The van der Waals surface area contributed by atoms with Gasteiger partial charge in [-0.25, -0.2) is 0 Å². The molecular formula is C9H9BrN2O. The van der Waals surface area contributed by atoms with Gasteiger partial charge in [-0.2, -0.15) is 5.26 Å². The SMILES string of the molecule is Cc1cc(Br)c(=O)n(CCC#N)c1. The molecule has 1 rings (SSSR count). The van der Waals surface area contributed by atoms with E-state index in [1.54, 1.807) is 16.8 Å². The third-order valence-corrected chi connectivity index (χ3v) is 2.21. The fourth-order valence-corrected chi connectivity index (χ4v) is 1.67. The van der Waals surface area contributed by atoms with E-state index in [0.717, 1.165) is 5.56 Å². The van der Waals surface area contributed by atoms with Crippen LogP contribution in [0.15, 0.2) is 21.5 Å². The Morgan fingerprint density at radius 1 is 1.69 bits per heavy atom. The highest BCUT2D eigenvalue weighted by Crippen LogP contribution is 2.05. The standard InChI is InChI=1S/C9H9BrN2O/c1-7-5-8(10)9(13)12(6-7)4-2-3-11/h5-6H,2,4H2,1H3. The van der Waals surface area contributed by atoms with Gasteiger partial charge in [-0.3, -0.25) is 4.79 Å². The molecule has 0 unspecified atom stereocenters. The molecule has 0 spiro atoms. The summed E-state index contributed by atoms with van der Waals surface area (Å²) >= 11 is 3.17. The summed E-state index contributed by atoms with van der Waals surface area (Å²) in [6.45, 7) is 2.36. The Labute approximate surface area is 84.7 Å². The van der Waals surface area contributed by atoms with Gasteiger partial charge in [-0.1, -0.05) is 0 Å². The summed E-state index contributed by atoms with van der Waals surface area (Å²) in [4.78, 5) is 11.4. The van der Waals surface area contributed by atoms with Crippen molar-refractivity contribution in [2.75, 3.05) is 0 Å². The van der Waals surface area contributed by atoms with Crippen molar-refractivity contribution in [3.63, 3.8) is 0 Å². The van der Waals surface area contributed by atoms with Crippen molar-refractivity contribution in [2.24, 2.45) is 0 Å². The van der Waals surface area contributed by atoms with Crippen molar-refractivity contribution >= 4 is 15.9 Å². The Morgan fingerprint density at radius 3 is 3.00 bits per heavy atom. The van der Waals surface area contributed by atoms with Crippen LogP contribution in [-0.4, -0.2) is 4.57 Å². The van der Waals surface area contributed by atoms with E-state index in [0.29, 0.717) is 17.4 Å². The van der Waals surface area contributed by atoms with E-state index in [-0.39, 0.29) is 5.56 Å². The van der Waals surface area contributed by atoms with E-state index in [9.17, 15) is 4.79 Å². The van der Waals surface area contributed by atoms with E-state index in [2.05, 4.69) is 15.9 Å². The van der Waals surface area contributed by atoms with Crippen LogP contribution >= 0.6 is 15.9 Å². The minimum atomic E-state index is -0.0825. The average molecular weight is 241 g/mol. The molecule has 0 atom stereocenters. The zero-order valence-corrected chi connectivity index (χ0v) is 8.84. The predicted octanol–water partition coefficient (Wildman–Crippen LogP) is 1.83. The molecule has 1 heterocycles. The van der Waals surface area contributed by atoms with Crippen molar-refractivity contribution in [1.29, 1.82) is 5.26 Å². The van der Waals surface area contributed by atoms with Crippen molar-refractivity contribution in [1.82, 2.24) is 4.57 Å². The molecular weight excluding hydrogens is 232 g/mol. The molecule has 3 nitrogen and oxygen atoms in total. The van der Waals surface area contributed by atoms with Crippen LogP contribution in [-0.2, 0) is 6.54 Å². The fraction of sp³-hybridized carbons (Fsp3) is 0.333. The zero-order chi connectivity index (χ0) is 9.84. The highest BCUT2D eigenvalue weighted by molar-refractivity contribution is 9.10. The van der Waals surface area contributed by atoms with Crippen LogP contribution in [0.5, 0.6) is 0 Å². The Morgan fingerprint density at radius 2 is 2.38 bits per heavy atom. The van der Waals surface area contributed by atoms with Crippen LogP contribution in [0, 0.1) is 18.3 Å². The second-order valence-corrected chi connectivity index (χ2v) is 3.63. The van der Waals surface area contributed by atoms with Gasteiger partial charge in [0.05, 0.1) is 17.0 Å². The van der Waals surface area contributed by atoms with Gasteiger partial charge in [0.1, 0.15) is 0 Å². The summed E-state index contributed by atoms with van der Waals surface area (Å²) in [6.07, 6.45) is 2.11. The van der Waals surface area contributed by atoms with Gasteiger partial charge in [0.15, 0.2) is 0 Å². The molecule has 4 heteroatoms. The Hall–Kier alpha value is -1.08. The van der Waals surface area contributed by atoms with Gasteiger partial charge >= 0.3 is 0 Å². The number of aromatic nitrogens is 1. The average Bonchev–Trinajstić information content (AvgIpc) is 2.09. The summed E-state index contributed by atoms with van der Waals surface area (Å²) in [6, 6.07) is 3.78. The van der Waals surface area contributed by atoms with Gasteiger partial charge in [-0.15, -0.1) is 0 Å². The Kier molecular flexibility index (Phi) is 3.26. The molecule has 0 bridgehead atoms. The molecule has 0 N–H and O–H groups in total. The minimum Gasteiger partial charge on any atom is -0.313 e. The number of pyridine rings is 1. The van der Waals surface area contributed by atoms with Crippen molar-refractivity contribution < 1.29 is 0 Å². The Bertz CT molecular complexity index is 403. The fourth-order valence-electron chi connectivity index (χ4n) is 1.08. The lowest BCUT2D eigenvalue weighted by molar-refractivity contribution is 0.679. The number of nitriles is 1. The van der Waals surface area contributed by atoms with Crippen molar-refractivity contribution in [3.05, 3.63) is 32.7 Å². The molecule has 0 aromatic carbocycles. The van der Waals surface area contributed by atoms with Crippen LogP contribution in [0.1, 0.15) is 12.0 Å². The summed E-state index contributed by atoms with van der Waals surface area (Å²) in [5, 5.41) is 8.38. The van der Waals surface area contributed by atoms with E-state index < -0.39 is 0 Å². The quantitative estimate of drug-likeness (QED) is 0.792. The lowest BCUT2D eigenvalue weighted by Gasteiger charge is -2.04. The lowest BCUT2D eigenvalue weighted by Crippen LogP contribution is -2.20. The molecule has 0 fully saturated rings. The number of halogens is 1. The number of nitrogens with zero attached hydrogens (tertiary/aromatic N) is 2. The first kappa shape index (κ1) is 10.0. The predicted molar refractivity (Wildman–Crippen MR) is 53.4 cm³/mol. The van der Waals surface area contributed by atoms with Gasteiger partial charge in [0.25, 0.3) is 5.56 Å². The molecule has 0 radical (unpaired) electrons. The normalized spacial score (nSPS) is 9.62. The maximum atomic E-state index is 11.4. The number of hydrogen-bond acceptors (Lipinski definition) is 2. The first-order valence-corrected chi connectivity index (χ1v) is 4.68. The third kappa shape index (κ3) is 2.43. The second-order valence-electron chi connectivity index (χ2n) is 2.77. The summed E-state index contributed by atoms with van der Waals surface area (Å²) in [7, 11) is 0. The maximum absolute atomic E-state index is 11.4. The van der Waals surface area contributed by atoms with Crippen molar-refractivity contribution in [2.45, 2.75) is 19.9 Å². The molecule has 1 aromatic heterocycles. The molecule has 0 saturated heterocycles. The van der Waals surface area contributed by atoms with E-state index in [1.807, 2.05) is 13.0 Å². The van der Waals surface area contributed by atoms with Crippen molar-refractivity contribution in [3.8, 4) is 6.07 Å². The molecule has 0 aliphatic rings. The highest BCUT2D eigenvalue weighted by atomic mass is 79.9. The van der Waals surface area contributed by atoms with Gasteiger partial charge in [0, 0.05) is 12.7 Å². The lowest BCUT2D eigenvalue weighted by atomic mass is 10.3. The molecule has 0 aliphatic heterocycles. The number of hydrogen-bond donors (Lipinski definition) is 0. The van der Waals surface area contributed by atoms with Crippen LogP contribution in [0.2, 0.25) is 0 Å². The van der Waals surface area contributed by atoms with E-state index in [1.165, 1.54) is 0 Å². The third-order valence-electron chi connectivity index (χ3n) is 1.64. The number of rotatable bonds is 2. The first-order chi connectivity index (χ1) is 6.15. The van der Waals surface area contributed by atoms with Crippen LogP contribution < -0.4 is 5.56 Å². The van der Waals surface area contributed by atoms with Gasteiger partial charge < -0.3 is 4.57 Å². The molecule has 0 amide bonds. The molecule has 68 valence electrons. The molecule has 0 saturated carbocycles. The molecule has 13 heavy (non-hydrogen) atoms. The summed E-state index contributed by atoms with van der Waals surface area (Å²) < 4.78 is 2.09. The van der Waals surface area contributed by atoms with E-state index in [4.69, 9.17) is 5.26 Å². The highest BCUT2D eigenvalue weighted by Gasteiger charge is 2.01. The smallest absolute Gasteiger partial charge is 0.264 e. The van der Waals surface area contributed by atoms with Gasteiger partial charge in [0.2, 0.25) is 0 Å². The largest absolute Gasteiger partial charge is 0.313 e. The molecule has 1 aromatic rings. The van der Waals surface area contributed by atoms with Gasteiger partial charge in [-0.05, 0) is 34.5 Å².